The number of pyridine rings is 1. The fourth-order valence-corrected chi connectivity index (χ4v) is 3.42. The number of imidazole rings is 1. The van der Waals surface area contributed by atoms with Crippen molar-refractivity contribution >= 4 is 34.1 Å². The second-order valence-corrected chi connectivity index (χ2v) is 6.06. The zero-order valence-corrected chi connectivity index (χ0v) is 13.1. The maximum absolute atomic E-state index is 6.07. The van der Waals surface area contributed by atoms with Crippen LogP contribution in [0.1, 0.15) is 29.9 Å². The molecule has 0 spiro atoms. The predicted molar refractivity (Wildman–Crippen MR) is 84.6 cm³/mol. The highest BCUT2D eigenvalue weighted by Crippen LogP contribution is 2.25. The van der Waals surface area contributed by atoms with Gasteiger partial charge in [0.2, 0.25) is 0 Å². The Morgan fingerprint density at radius 1 is 1.40 bits per heavy atom. The lowest BCUT2D eigenvalue weighted by Gasteiger charge is -2.15. The van der Waals surface area contributed by atoms with Crippen LogP contribution >= 0.6 is 22.9 Å². The van der Waals surface area contributed by atoms with E-state index in [-0.39, 0.29) is 6.04 Å². The van der Waals surface area contributed by atoms with Crippen LogP contribution in [0.3, 0.4) is 0 Å². The second kappa shape index (κ2) is 5.54. The van der Waals surface area contributed by atoms with Gasteiger partial charge in [-0.3, -0.25) is 0 Å². The number of hydrogen-bond donors (Lipinski definition) is 0. The molecule has 0 aromatic carbocycles. The van der Waals surface area contributed by atoms with Gasteiger partial charge in [-0.05, 0) is 54.3 Å². The van der Waals surface area contributed by atoms with Gasteiger partial charge in [-0.2, -0.15) is 11.3 Å². The van der Waals surface area contributed by atoms with Crippen molar-refractivity contribution in [2.24, 2.45) is 0 Å². The van der Waals surface area contributed by atoms with Crippen LogP contribution in [0.4, 0.5) is 0 Å². The average molecular weight is 306 g/mol. The van der Waals surface area contributed by atoms with Crippen molar-refractivity contribution in [1.29, 1.82) is 0 Å². The molecule has 0 saturated heterocycles. The van der Waals surface area contributed by atoms with Gasteiger partial charge in [0.1, 0.15) is 11.3 Å². The lowest BCUT2D eigenvalue weighted by atomic mass is 10.1. The number of halogens is 1. The number of alkyl halides is 1. The standard InChI is InChI=1S/C15H16ClN3S/c1-10-3-5-17-15-14(10)18-13(8-16)19(15)11(2)7-12-4-6-20-9-12/h3-6,9,11H,7-8H2,1-2H3. The Hall–Kier alpha value is -1.39. The van der Waals surface area contributed by atoms with Crippen molar-refractivity contribution in [3.05, 3.63) is 46.0 Å². The molecule has 5 heteroatoms. The molecule has 1 unspecified atom stereocenters. The maximum atomic E-state index is 6.07. The van der Waals surface area contributed by atoms with Gasteiger partial charge < -0.3 is 4.57 Å². The second-order valence-electron chi connectivity index (χ2n) is 5.02. The van der Waals surface area contributed by atoms with E-state index in [0.29, 0.717) is 5.88 Å². The van der Waals surface area contributed by atoms with Crippen LogP contribution in [-0.4, -0.2) is 14.5 Å². The van der Waals surface area contributed by atoms with Crippen LogP contribution < -0.4 is 0 Å². The molecule has 3 nitrogen and oxygen atoms in total. The summed E-state index contributed by atoms with van der Waals surface area (Å²) in [6, 6.07) is 4.44. The van der Waals surface area contributed by atoms with Crippen LogP contribution in [0.2, 0.25) is 0 Å². The number of aromatic nitrogens is 3. The third kappa shape index (κ3) is 2.34. The third-order valence-corrected chi connectivity index (χ3v) is 4.50. The van der Waals surface area contributed by atoms with Crippen molar-refractivity contribution in [2.45, 2.75) is 32.2 Å². The van der Waals surface area contributed by atoms with Crippen molar-refractivity contribution in [1.82, 2.24) is 14.5 Å². The molecule has 1 atom stereocenters. The zero-order valence-electron chi connectivity index (χ0n) is 11.5. The van der Waals surface area contributed by atoms with Gasteiger partial charge in [-0.15, -0.1) is 11.6 Å². The molecule has 0 radical (unpaired) electrons. The Bertz CT molecular complexity index is 718. The molecule has 0 fully saturated rings. The van der Waals surface area contributed by atoms with Gasteiger partial charge in [-0.1, -0.05) is 0 Å². The molecule has 3 heterocycles. The monoisotopic (exact) mass is 305 g/mol. The molecule has 3 aromatic rings. The van der Waals surface area contributed by atoms with Gasteiger partial charge in [-0.25, -0.2) is 9.97 Å². The van der Waals surface area contributed by atoms with Gasteiger partial charge in [0.25, 0.3) is 0 Å². The lowest BCUT2D eigenvalue weighted by molar-refractivity contribution is 0.541. The van der Waals surface area contributed by atoms with Crippen LogP contribution in [0, 0.1) is 6.92 Å². The number of thiophene rings is 1. The molecule has 0 bridgehead atoms. The quantitative estimate of drug-likeness (QED) is 0.671. The van der Waals surface area contributed by atoms with E-state index in [2.05, 4.69) is 45.2 Å². The third-order valence-electron chi connectivity index (χ3n) is 3.53. The summed E-state index contributed by atoms with van der Waals surface area (Å²) < 4.78 is 2.17. The number of nitrogens with zero attached hydrogens (tertiary/aromatic N) is 3. The number of fused-ring (bicyclic) bond motifs is 1. The summed E-state index contributed by atoms with van der Waals surface area (Å²) in [7, 11) is 0. The lowest BCUT2D eigenvalue weighted by Crippen LogP contribution is -2.11. The first kappa shape index (κ1) is 13.6. The summed E-state index contributed by atoms with van der Waals surface area (Å²) in [5.41, 5.74) is 4.38. The summed E-state index contributed by atoms with van der Waals surface area (Å²) in [6.45, 7) is 4.25. The molecule has 20 heavy (non-hydrogen) atoms. The van der Waals surface area contributed by atoms with E-state index >= 15 is 0 Å². The Morgan fingerprint density at radius 2 is 2.25 bits per heavy atom. The Morgan fingerprint density at radius 3 is 2.95 bits per heavy atom. The van der Waals surface area contributed by atoms with Crippen molar-refractivity contribution in [3.8, 4) is 0 Å². The summed E-state index contributed by atoms with van der Waals surface area (Å²) in [4.78, 5) is 9.16. The van der Waals surface area contributed by atoms with Crippen LogP contribution in [-0.2, 0) is 12.3 Å². The number of aryl methyl sites for hydroxylation is 1. The SMILES string of the molecule is Cc1ccnc2c1nc(CCl)n2C(C)Cc1ccsc1. The fraction of sp³-hybridized carbons (Fsp3) is 0.333. The Kier molecular flexibility index (Phi) is 3.76. The van der Waals surface area contributed by atoms with E-state index in [1.165, 1.54) is 5.56 Å². The molecule has 0 amide bonds. The van der Waals surface area contributed by atoms with Crippen LogP contribution in [0.5, 0.6) is 0 Å². The minimum absolute atomic E-state index is 0.289. The molecule has 0 N–H and O–H groups in total. The summed E-state index contributed by atoms with van der Waals surface area (Å²) >= 11 is 7.80. The molecule has 3 rings (SSSR count). The van der Waals surface area contributed by atoms with Crippen LogP contribution in [0.15, 0.2) is 29.1 Å². The van der Waals surface area contributed by atoms with E-state index in [4.69, 9.17) is 11.6 Å². The van der Waals surface area contributed by atoms with Crippen molar-refractivity contribution < 1.29 is 0 Å². The Balaban J connectivity index is 2.07. The minimum atomic E-state index is 0.289. The fourth-order valence-electron chi connectivity index (χ4n) is 2.55. The highest BCUT2D eigenvalue weighted by molar-refractivity contribution is 7.07. The van der Waals surface area contributed by atoms with Crippen molar-refractivity contribution in [3.63, 3.8) is 0 Å². The topological polar surface area (TPSA) is 30.7 Å². The van der Waals surface area contributed by atoms with E-state index in [0.717, 1.165) is 29.0 Å². The van der Waals surface area contributed by atoms with E-state index < -0.39 is 0 Å². The first-order valence-electron chi connectivity index (χ1n) is 6.60. The molecule has 104 valence electrons. The first-order valence-corrected chi connectivity index (χ1v) is 8.08. The molecule has 0 aliphatic rings. The highest BCUT2D eigenvalue weighted by Gasteiger charge is 2.17. The first-order chi connectivity index (χ1) is 9.70. The number of rotatable bonds is 4. The predicted octanol–water partition coefficient (Wildman–Crippen LogP) is 4.34. The minimum Gasteiger partial charge on any atom is -0.309 e. The zero-order chi connectivity index (χ0) is 14.1. The summed E-state index contributed by atoms with van der Waals surface area (Å²) in [6.07, 6.45) is 2.81. The van der Waals surface area contributed by atoms with Gasteiger partial charge in [0.15, 0.2) is 5.65 Å². The van der Waals surface area contributed by atoms with Gasteiger partial charge in [0, 0.05) is 12.2 Å². The normalized spacial score (nSPS) is 12.9. The van der Waals surface area contributed by atoms with E-state index in [9.17, 15) is 0 Å². The van der Waals surface area contributed by atoms with E-state index in [1.54, 1.807) is 11.3 Å². The van der Waals surface area contributed by atoms with Gasteiger partial charge >= 0.3 is 0 Å². The van der Waals surface area contributed by atoms with Crippen LogP contribution in [0.25, 0.3) is 11.2 Å². The molecular formula is C15H16ClN3S. The average Bonchev–Trinajstić information content (AvgIpc) is 3.05. The van der Waals surface area contributed by atoms with Gasteiger partial charge in [0.05, 0.1) is 5.88 Å². The molecule has 3 aromatic heterocycles. The molecular weight excluding hydrogens is 290 g/mol. The smallest absolute Gasteiger partial charge is 0.160 e. The van der Waals surface area contributed by atoms with Crippen molar-refractivity contribution in [2.75, 3.05) is 0 Å². The molecule has 0 saturated carbocycles. The largest absolute Gasteiger partial charge is 0.309 e. The maximum Gasteiger partial charge on any atom is 0.160 e. The number of hydrogen-bond acceptors (Lipinski definition) is 3. The molecule has 0 aliphatic carbocycles. The highest BCUT2D eigenvalue weighted by atomic mass is 35.5. The summed E-state index contributed by atoms with van der Waals surface area (Å²) in [5, 5.41) is 4.30. The van der Waals surface area contributed by atoms with E-state index in [1.807, 2.05) is 12.3 Å². The Labute approximate surface area is 127 Å². The summed E-state index contributed by atoms with van der Waals surface area (Å²) in [5.74, 6) is 1.30. The molecule has 0 aliphatic heterocycles.